The number of nitrogens with one attached hydrogen (secondary N) is 1. The molecule has 0 aromatic carbocycles. The first-order valence-electron chi connectivity index (χ1n) is 5.34. The summed E-state index contributed by atoms with van der Waals surface area (Å²) in [6.07, 6.45) is -0.746. The molecule has 18 heavy (non-hydrogen) atoms. The fraction of sp³-hybridized carbons (Fsp3) is 0.455. The lowest BCUT2D eigenvalue weighted by molar-refractivity contribution is 0.0594. The molecule has 0 fully saturated rings. The Hall–Kier alpha value is -1.29. The van der Waals surface area contributed by atoms with E-state index < -0.39 is 20.4 Å². The highest BCUT2D eigenvalue weighted by Gasteiger charge is 2.27. The molecule has 0 spiro atoms. The maximum Gasteiger partial charge on any atom is 0.354 e. The first-order valence-corrected chi connectivity index (χ1v) is 8.99. The smallest absolute Gasteiger partial charge is 0.354 e. The van der Waals surface area contributed by atoms with Crippen LogP contribution in [0.15, 0.2) is 12.1 Å². The topological polar surface area (TPSA) is 75.1 Å². The van der Waals surface area contributed by atoms with Crippen molar-refractivity contribution in [2.45, 2.75) is 19.2 Å². The molecule has 0 radical (unpaired) electrons. The van der Waals surface area contributed by atoms with Crippen LogP contribution in [-0.4, -0.2) is 31.9 Å². The van der Waals surface area contributed by atoms with Gasteiger partial charge in [0.2, 0.25) is 8.32 Å². The number of esters is 1. The van der Waals surface area contributed by atoms with Gasteiger partial charge in [0, 0.05) is 5.50 Å². The molecule has 1 aromatic rings. The SMILES string of the molecule is COC(=O)c1ccc(C(C#N)O[Si](C)(C)CCl)[nH]1. The lowest BCUT2D eigenvalue weighted by atomic mass is 10.3. The Labute approximate surface area is 112 Å². The number of methoxy groups -OCH3 is 1. The lowest BCUT2D eigenvalue weighted by Crippen LogP contribution is -2.34. The molecule has 1 heterocycles. The van der Waals surface area contributed by atoms with Crippen molar-refractivity contribution < 1.29 is 14.0 Å². The number of carbonyl (C=O) groups excluding carboxylic acids is 1. The second kappa shape index (κ2) is 6.04. The molecule has 7 heteroatoms. The molecule has 0 saturated carbocycles. The van der Waals surface area contributed by atoms with Gasteiger partial charge in [-0.3, -0.25) is 0 Å². The summed E-state index contributed by atoms with van der Waals surface area (Å²) < 4.78 is 10.3. The minimum Gasteiger partial charge on any atom is -0.464 e. The lowest BCUT2D eigenvalue weighted by Gasteiger charge is -2.22. The van der Waals surface area contributed by atoms with Gasteiger partial charge in [-0.2, -0.15) is 5.26 Å². The fourth-order valence-electron chi connectivity index (χ4n) is 1.30. The number of nitrogens with zero attached hydrogens (tertiary/aromatic N) is 1. The van der Waals surface area contributed by atoms with Gasteiger partial charge in [-0.15, -0.1) is 11.6 Å². The van der Waals surface area contributed by atoms with Crippen LogP contribution < -0.4 is 0 Å². The Morgan fingerprint density at radius 3 is 2.78 bits per heavy atom. The minimum atomic E-state index is -2.06. The summed E-state index contributed by atoms with van der Waals surface area (Å²) in [5.41, 5.74) is 1.22. The third-order valence-corrected chi connectivity index (χ3v) is 5.72. The van der Waals surface area contributed by atoms with E-state index in [1.54, 1.807) is 12.1 Å². The average molecular weight is 287 g/mol. The van der Waals surface area contributed by atoms with E-state index in [4.69, 9.17) is 21.3 Å². The number of hydrogen-bond donors (Lipinski definition) is 1. The van der Waals surface area contributed by atoms with Crippen LogP contribution in [0.1, 0.15) is 22.3 Å². The highest BCUT2D eigenvalue weighted by atomic mass is 35.5. The van der Waals surface area contributed by atoms with Crippen molar-refractivity contribution in [3.05, 3.63) is 23.5 Å². The molecule has 0 aliphatic carbocycles. The van der Waals surface area contributed by atoms with E-state index in [1.165, 1.54) is 7.11 Å². The van der Waals surface area contributed by atoms with Crippen LogP contribution in [0.25, 0.3) is 0 Å². The number of H-pyrrole nitrogens is 1. The van der Waals surface area contributed by atoms with Crippen LogP contribution in [0.3, 0.4) is 0 Å². The molecular weight excluding hydrogens is 272 g/mol. The standard InChI is InChI=1S/C11H15ClN2O3Si/c1-16-11(15)9-5-4-8(14-9)10(6-13)17-18(2,3)7-12/h4-5,10,14H,7H2,1-3H3. The number of halogens is 1. The Bertz CT molecular complexity index is 467. The molecule has 5 nitrogen and oxygen atoms in total. The van der Waals surface area contributed by atoms with Crippen LogP contribution in [-0.2, 0) is 9.16 Å². The zero-order valence-corrected chi connectivity index (χ0v) is 12.2. The summed E-state index contributed by atoms with van der Waals surface area (Å²) in [4.78, 5) is 14.1. The van der Waals surface area contributed by atoms with E-state index in [1.807, 2.05) is 19.2 Å². The normalized spacial score (nSPS) is 12.8. The van der Waals surface area contributed by atoms with E-state index in [9.17, 15) is 4.79 Å². The summed E-state index contributed by atoms with van der Waals surface area (Å²) >= 11 is 5.80. The number of rotatable bonds is 5. The van der Waals surface area contributed by atoms with Gasteiger partial charge in [-0.25, -0.2) is 4.79 Å². The first-order chi connectivity index (χ1) is 8.43. The molecule has 0 aliphatic heterocycles. The number of carbonyl (C=O) groups is 1. The molecular formula is C11H15ClN2O3Si. The number of ether oxygens (including phenoxy) is 1. The summed E-state index contributed by atoms with van der Waals surface area (Å²) in [5.74, 6) is -0.480. The molecule has 98 valence electrons. The predicted octanol–water partition coefficient (Wildman–Crippen LogP) is 2.37. The summed E-state index contributed by atoms with van der Waals surface area (Å²) in [6, 6.07) is 5.25. The quantitative estimate of drug-likeness (QED) is 0.512. The largest absolute Gasteiger partial charge is 0.464 e. The highest BCUT2D eigenvalue weighted by Crippen LogP contribution is 2.22. The van der Waals surface area contributed by atoms with Gasteiger partial charge < -0.3 is 14.1 Å². The van der Waals surface area contributed by atoms with E-state index >= 15 is 0 Å². The molecule has 0 aliphatic rings. The van der Waals surface area contributed by atoms with Crippen LogP contribution in [0.5, 0.6) is 0 Å². The van der Waals surface area contributed by atoms with Crippen molar-refractivity contribution in [2.75, 3.05) is 12.6 Å². The van der Waals surface area contributed by atoms with Gasteiger partial charge in [0.05, 0.1) is 18.9 Å². The summed E-state index contributed by atoms with van der Waals surface area (Å²) in [5, 5.41) is 9.11. The summed E-state index contributed by atoms with van der Waals surface area (Å²) in [7, 11) is -0.767. The van der Waals surface area contributed by atoms with E-state index in [-0.39, 0.29) is 0 Å². The molecule has 1 atom stereocenters. The third-order valence-electron chi connectivity index (χ3n) is 2.27. The number of aromatic nitrogens is 1. The molecule has 0 bridgehead atoms. The maximum atomic E-state index is 11.3. The van der Waals surface area contributed by atoms with Gasteiger partial charge in [-0.05, 0) is 25.2 Å². The fourth-order valence-corrected chi connectivity index (χ4v) is 2.37. The van der Waals surface area contributed by atoms with Gasteiger partial charge in [0.1, 0.15) is 5.69 Å². The Morgan fingerprint density at radius 1 is 1.61 bits per heavy atom. The monoisotopic (exact) mass is 286 g/mol. The summed E-state index contributed by atoms with van der Waals surface area (Å²) in [6.45, 7) is 3.85. The van der Waals surface area contributed by atoms with Crippen molar-refractivity contribution in [1.29, 1.82) is 5.26 Å². The van der Waals surface area contributed by atoms with Crippen LogP contribution >= 0.6 is 11.6 Å². The zero-order valence-electron chi connectivity index (χ0n) is 10.5. The van der Waals surface area contributed by atoms with E-state index in [0.717, 1.165) is 0 Å². The zero-order chi connectivity index (χ0) is 13.8. The highest BCUT2D eigenvalue weighted by molar-refractivity contribution is 6.77. The number of aromatic amines is 1. The van der Waals surface area contributed by atoms with Crippen molar-refractivity contribution in [3.63, 3.8) is 0 Å². The van der Waals surface area contributed by atoms with Gasteiger partial charge >= 0.3 is 5.97 Å². The Kier molecular flexibility index (Phi) is 4.96. The second-order valence-electron chi connectivity index (χ2n) is 4.34. The Balaban J connectivity index is 2.87. The third kappa shape index (κ3) is 3.60. The minimum absolute atomic E-state index is 0.293. The van der Waals surface area contributed by atoms with Gasteiger partial charge in [-0.1, -0.05) is 0 Å². The second-order valence-corrected chi connectivity index (χ2v) is 9.16. The molecule has 0 amide bonds. The molecule has 1 unspecified atom stereocenters. The van der Waals surface area contributed by atoms with Gasteiger partial charge in [0.25, 0.3) is 0 Å². The van der Waals surface area contributed by atoms with Crippen molar-refractivity contribution >= 4 is 25.9 Å². The molecule has 1 rings (SSSR count). The van der Waals surface area contributed by atoms with E-state index in [2.05, 4.69) is 9.72 Å². The number of hydrogen-bond acceptors (Lipinski definition) is 4. The maximum absolute atomic E-state index is 11.3. The Morgan fingerprint density at radius 2 is 2.28 bits per heavy atom. The predicted molar refractivity (Wildman–Crippen MR) is 69.8 cm³/mol. The number of nitriles is 1. The average Bonchev–Trinajstić information content (AvgIpc) is 2.84. The molecule has 0 saturated heterocycles. The van der Waals surface area contributed by atoms with Gasteiger partial charge in [0.15, 0.2) is 6.10 Å². The van der Waals surface area contributed by atoms with Crippen LogP contribution in [0, 0.1) is 11.3 Å². The first kappa shape index (κ1) is 14.8. The molecule has 1 aromatic heterocycles. The van der Waals surface area contributed by atoms with E-state index in [0.29, 0.717) is 16.9 Å². The van der Waals surface area contributed by atoms with Crippen molar-refractivity contribution in [2.24, 2.45) is 0 Å². The van der Waals surface area contributed by atoms with Crippen molar-refractivity contribution in [1.82, 2.24) is 4.98 Å². The van der Waals surface area contributed by atoms with Crippen LogP contribution in [0.4, 0.5) is 0 Å². The number of alkyl halides is 1. The van der Waals surface area contributed by atoms with Crippen LogP contribution in [0.2, 0.25) is 13.1 Å². The van der Waals surface area contributed by atoms with Crippen molar-refractivity contribution in [3.8, 4) is 6.07 Å². The molecule has 1 N–H and O–H groups in total.